The number of nitrogens with zero attached hydrogens (tertiary/aromatic N) is 1. The van der Waals surface area contributed by atoms with Crippen LogP contribution in [0.1, 0.15) is 34.3 Å². The number of methoxy groups -OCH3 is 2. The molecule has 3 aromatic carbocycles. The van der Waals surface area contributed by atoms with Crippen LogP contribution in [0.2, 0.25) is 0 Å². The van der Waals surface area contributed by atoms with Crippen molar-refractivity contribution in [1.82, 2.24) is 4.90 Å². The molecule has 7 heteroatoms. The van der Waals surface area contributed by atoms with Gasteiger partial charge in [-0.3, -0.25) is 9.69 Å². The minimum Gasteiger partial charge on any atom is -0.493 e. The molecule has 0 aromatic heterocycles. The average molecular weight is 465 g/mol. The van der Waals surface area contributed by atoms with Crippen LogP contribution in [-0.2, 0) is 11.2 Å². The van der Waals surface area contributed by atoms with E-state index in [2.05, 4.69) is 0 Å². The van der Waals surface area contributed by atoms with Gasteiger partial charge in [0.25, 0.3) is 0 Å². The Kier molecular flexibility index (Phi) is 6.93. The van der Waals surface area contributed by atoms with Crippen LogP contribution in [0.5, 0.6) is 11.5 Å². The fourth-order valence-electron chi connectivity index (χ4n) is 4.45. The lowest BCUT2D eigenvalue weighted by Crippen LogP contribution is -2.41. The fraction of sp³-hybridized carbons (Fsp3) is 0.222. The lowest BCUT2D eigenvalue weighted by molar-refractivity contribution is -0.144. The van der Waals surface area contributed by atoms with Crippen molar-refractivity contribution in [1.29, 1.82) is 0 Å². The number of hydrogen-bond acceptors (Lipinski definition) is 4. The monoisotopic (exact) mass is 465 g/mol. The summed E-state index contributed by atoms with van der Waals surface area (Å²) in [6.45, 7) is 0.439. The molecule has 2 atom stereocenters. The van der Waals surface area contributed by atoms with Crippen molar-refractivity contribution in [2.45, 2.75) is 18.5 Å². The van der Waals surface area contributed by atoms with E-state index in [0.717, 1.165) is 29.3 Å². The van der Waals surface area contributed by atoms with Crippen molar-refractivity contribution in [3.8, 4) is 11.5 Å². The van der Waals surface area contributed by atoms with Gasteiger partial charge in [-0.25, -0.2) is 8.78 Å². The number of hydrogen-bond donors (Lipinski definition) is 1. The smallest absolute Gasteiger partial charge is 0.325 e. The first-order chi connectivity index (χ1) is 16.4. The molecule has 3 aromatic rings. The number of aliphatic carboxylic acids is 1. The minimum atomic E-state index is -0.995. The van der Waals surface area contributed by atoms with Gasteiger partial charge in [0, 0.05) is 12.1 Å². The van der Waals surface area contributed by atoms with Gasteiger partial charge in [-0.05, 0) is 53.4 Å². The second-order valence-corrected chi connectivity index (χ2v) is 8.02. The maximum absolute atomic E-state index is 14.3. The molecule has 2 unspecified atom stereocenters. The molecule has 1 aliphatic rings. The highest BCUT2D eigenvalue weighted by Gasteiger charge is 2.36. The van der Waals surface area contributed by atoms with Gasteiger partial charge in [0.2, 0.25) is 0 Å². The number of carbonyl (C=O) groups is 1. The van der Waals surface area contributed by atoms with Crippen molar-refractivity contribution < 1.29 is 28.2 Å². The van der Waals surface area contributed by atoms with Gasteiger partial charge < -0.3 is 14.6 Å². The molecule has 0 fully saturated rings. The van der Waals surface area contributed by atoms with E-state index in [0.29, 0.717) is 30.0 Å². The molecule has 0 saturated carbocycles. The lowest BCUT2D eigenvalue weighted by Gasteiger charge is -2.40. The molecule has 0 aliphatic carbocycles. The summed E-state index contributed by atoms with van der Waals surface area (Å²) < 4.78 is 39.0. The molecule has 0 spiro atoms. The molecule has 5 nitrogen and oxygen atoms in total. The van der Waals surface area contributed by atoms with Gasteiger partial charge in [-0.2, -0.15) is 0 Å². The van der Waals surface area contributed by atoms with Gasteiger partial charge in [0.15, 0.2) is 11.5 Å². The van der Waals surface area contributed by atoms with E-state index in [1.54, 1.807) is 37.5 Å². The quantitative estimate of drug-likeness (QED) is 0.505. The Morgan fingerprint density at radius 2 is 1.76 bits per heavy atom. The van der Waals surface area contributed by atoms with Crippen LogP contribution in [0, 0.1) is 11.6 Å². The van der Waals surface area contributed by atoms with Gasteiger partial charge in [0.05, 0.1) is 20.3 Å². The molecule has 0 bridgehead atoms. The van der Waals surface area contributed by atoms with Gasteiger partial charge in [0.1, 0.15) is 17.7 Å². The van der Waals surface area contributed by atoms with Gasteiger partial charge in [-0.15, -0.1) is 0 Å². The Morgan fingerprint density at radius 1 is 1.06 bits per heavy atom. The Bertz CT molecular complexity index is 1210. The molecule has 0 amide bonds. The molecule has 1 N–H and O–H groups in total. The molecule has 1 aliphatic heterocycles. The van der Waals surface area contributed by atoms with Gasteiger partial charge in [-0.1, -0.05) is 42.5 Å². The van der Waals surface area contributed by atoms with Crippen molar-refractivity contribution in [3.05, 3.63) is 101 Å². The van der Waals surface area contributed by atoms with Crippen LogP contribution in [0.4, 0.5) is 8.78 Å². The van der Waals surface area contributed by atoms with E-state index in [9.17, 15) is 18.7 Å². The van der Waals surface area contributed by atoms with E-state index >= 15 is 0 Å². The summed E-state index contributed by atoms with van der Waals surface area (Å²) in [5.74, 6) is -1.03. The molecule has 1 heterocycles. The SMILES string of the molecule is COc1cc2c(cc1OC)C(C=Cc1cc(F)ccc1F)N(C(C(=O)O)c1ccccc1)CC2. The number of benzene rings is 3. The Balaban J connectivity index is 1.85. The van der Waals surface area contributed by atoms with Crippen LogP contribution in [0.3, 0.4) is 0 Å². The summed E-state index contributed by atoms with van der Waals surface area (Å²) in [7, 11) is 3.08. The van der Waals surface area contributed by atoms with Crippen LogP contribution in [0.15, 0.2) is 66.7 Å². The third-order valence-corrected chi connectivity index (χ3v) is 6.06. The zero-order valence-corrected chi connectivity index (χ0v) is 18.9. The predicted octanol–water partition coefficient (Wildman–Crippen LogP) is 5.42. The largest absolute Gasteiger partial charge is 0.493 e. The third kappa shape index (κ3) is 4.65. The Hall–Kier alpha value is -3.71. The number of fused-ring (bicyclic) bond motifs is 1. The number of ether oxygens (including phenoxy) is 2. The van der Waals surface area contributed by atoms with E-state index in [4.69, 9.17) is 9.47 Å². The normalized spacial score (nSPS) is 16.8. The molecular weight excluding hydrogens is 440 g/mol. The maximum atomic E-state index is 14.3. The summed E-state index contributed by atoms with van der Waals surface area (Å²) in [5, 5.41) is 10.2. The fourth-order valence-corrected chi connectivity index (χ4v) is 4.45. The highest BCUT2D eigenvalue weighted by Crippen LogP contribution is 2.42. The first-order valence-electron chi connectivity index (χ1n) is 10.8. The Morgan fingerprint density at radius 3 is 2.44 bits per heavy atom. The zero-order chi connectivity index (χ0) is 24.2. The van der Waals surface area contributed by atoms with Crippen molar-refractivity contribution in [2.75, 3.05) is 20.8 Å². The summed E-state index contributed by atoms with van der Waals surface area (Å²) in [4.78, 5) is 14.3. The van der Waals surface area contributed by atoms with Crippen LogP contribution < -0.4 is 9.47 Å². The third-order valence-electron chi connectivity index (χ3n) is 6.06. The summed E-state index contributed by atoms with van der Waals surface area (Å²) in [5.41, 5.74) is 2.51. The second-order valence-electron chi connectivity index (χ2n) is 8.02. The van der Waals surface area contributed by atoms with Crippen molar-refractivity contribution in [2.24, 2.45) is 0 Å². The summed E-state index contributed by atoms with van der Waals surface area (Å²) >= 11 is 0. The molecular formula is C27H25F2NO4. The number of carboxylic acid groups (broad SMARTS) is 1. The van der Waals surface area contributed by atoms with Crippen molar-refractivity contribution in [3.63, 3.8) is 0 Å². The number of carboxylic acids is 1. The molecule has 0 radical (unpaired) electrons. The van der Waals surface area contributed by atoms with Crippen LogP contribution >= 0.6 is 0 Å². The number of rotatable bonds is 7. The maximum Gasteiger partial charge on any atom is 0.325 e. The van der Waals surface area contributed by atoms with Crippen LogP contribution in [0.25, 0.3) is 6.08 Å². The van der Waals surface area contributed by atoms with Crippen LogP contribution in [-0.4, -0.2) is 36.7 Å². The van der Waals surface area contributed by atoms with Crippen molar-refractivity contribution >= 4 is 12.0 Å². The predicted molar refractivity (Wildman–Crippen MR) is 125 cm³/mol. The van der Waals surface area contributed by atoms with E-state index < -0.39 is 29.7 Å². The lowest BCUT2D eigenvalue weighted by atomic mass is 9.88. The highest BCUT2D eigenvalue weighted by atomic mass is 19.1. The van der Waals surface area contributed by atoms with E-state index in [1.165, 1.54) is 13.2 Å². The summed E-state index contributed by atoms with van der Waals surface area (Å²) in [6, 6.07) is 14.4. The average Bonchev–Trinajstić information content (AvgIpc) is 2.84. The van der Waals surface area contributed by atoms with E-state index in [-0.39, 0.29) is 5.56 Å². The summed E-state index contributed by atoms with van der Waals surface area (Å²) in [6.07, 6.45) is 3.79. The minimum absolute atomic E-state index is 0.0825. The molecule has 34 heavy (non-hydrogen) atoms. The first kappa shape index (κ1) is 23.4. The molecule has 0 saturated heterocycles. The van der Waals surface area contributed by atoms with Gasteiger partial charge >= 0.3 is 5.97 Å². The topological polar surface area (TPSA) is 59.0 Å². The second kappa shape index (κ2) is 10.1. The Labute approximate surface area is 196 Å². The zero-order valence-electron chi connectivity index (χ0n) is 18.9. The highest BCUT2D eigenvalue weighted by molar-refractivity contribution is 5.76. The van der Waals surface area contributed by atoms with E-state index in [1.807, 2.05) is 23.1 Å². The first-order valence-corrected chi connectivity index (χ1v) is 10.8. The molecule has 4 rings (SSSR count). The molecule has 176 valence electrons. The standard InChI is InChI=1S/C27H25F2NO4/c1-33-24-15-18-12-13-30(26(27(31)32)17-6-4-3-5-7-17)23(21(18)16-25(24)34-2)11-8-19-14-20(28)9-10-22(19)29/h3-11,14-16,23,26H,12-13H2,1-2H3,(H,31,32). The number of halogens is 2.